The quantitative estimate of drug-likeness (QED) is 0.517. The average molecular weight is 391 g/mol. The van der Waals surface area contributed by atoms with Crippen molar-refractivity contribution in [3.05, 3.63) is 88.6 Å². The minimum atomic E-state index is -0.268. The minimum Gasteiger partial charge on any atom is -0.497 e. The lowest BCUT2D eigenvalue weighted by atomic mass is 9.94. The van der Waals surface area contributed by atoms with E-state index in [9.17, 15) is 4.79 Å². The van der Waals surface area contributed by atoms with Crippen LogP contribution >= 0.6 is 11.3 Å². The number of nitrogens with one attached hydrogen (secondary N) is 1. The number of imidazole rings is 1. The maximum absolute atomic E-state index is 13.1. The SMILES string of the molecule is COc1ccc(C(Cc2cccs2)C(=O)NCc2ncc3ccccn23)cc1. The zero-order chi connectivity index (χ0) is 19.3. The van der Waals surface area contributed by atoms with E-state index in [1.54, 1.807) is 18.4 Å². The molecule has 1 N–H and O–H groups in total. The Kier molecular flexibility index (Phi) is 5.39. The Hall–Kier alpha value is -3.12. The Labute approximate surface area is 167 Å². The molecule has 0 saturated heterocycles. The van der Waals surface area contributed by atoms with Gasteiger partial charge in [0.25, 0.3) is 0 Å². The first-order chi connectivity index (χ1) is 13.7. The summed E-state index contributed by atoms with van der Waals surface area (Å²) in [5.41, 5.74) is 1.98. The summed E-state index contributed by atoms with van der Waals surface area (Å²) in [7, 11) is 1.64. The van der Waals surface area contributed by atoms with Crippen LogP contribution in [-0.2, 0) is 17.8 Å². The van der Waals surface area contributed by atoms with Crippen molar-refractivity contribution in [3.8, 4) is 5.75 Å². The molecule has 142 valence electrons. The highest BCUT2D eigenvalue weighted by molar-refractivity contribution is 7.09. The molecule has 1 atom stereocenters. The van der Waals surface area contributed by atoms with Gasteiger partial charge in [-0.3, -0.25) is 4.79 Å². The van der Waals surface area contributed by atoms with Crippen LogP contribution in [0.4, 0.5) is 0 Å². The van der Waals surface area contributed by atoms with Crippen molar-refractivity contribution in [1.82, 2.24) is 14.7 Å². The van der Waals surface area contributed by atoms with Gasteiger partial charge in [0.2, 0.25) is 5.91 Å². The molecule has 6 heteroatoms. The molecule has 0 saturated carbocycles. The van der Waals surface area contributed by atoms with Crippen molar-refractivity contribution in [2.45, 2.75) is 18.9 Å². The van der Waals surface area contributed by atoms with Crippen LogP contribution in [0, 0.1) is 0 Å². The molecule has 3 aromatic heterocycles. The van der Waals surface area contributed by atoms with E-state index in [1.807, 2.05) is 70.7 Å². The number of carbonyl (C=O) groups excluding carboxylic acids is 1. The smallest absolute Gasteiger partial charge is 0.228 e. The highest BCUT2D eigenvalue weighted by Crippen LogP contribution is 2.25. The third-order valence-corrected chi connectivity index (χ3v) is 5.65. The van der Waals surface area contributed by atoms with Crippen LogP contribution in [0.5, 0.6) is 5.75 Å². The van der Waals surface area contributed by atoms with Crippen molar-refractivity contribution in [3.63, 3.8) is 0 Å². The number of thiophene rings is 1. The molecule has 0 aliphatic heterocycles. The van der Waals surface area contributed by atoms with E-state index >= 15 is 0 Å². The third kappa shape index (κ3) is 3.92. The van der Waals surface area contributed by atoms with E-state index in [-0.39, 0.29) is 11.8 Å². The lowest BCUT2D eigenvalue weighted by molar-refractivity contribution is -0.122. The molecule has 5 nitrogen and oxygen atoms in total. The topological polar surface area (TPSA) is 55.6 Å². The minimum absolute atomic E-state index is 0.00810. The van der Waals surface area contributed by atoms with Crippen molar-refractivity contribution in [2.75, 3.05) is 7.11 Å². The number of fused-ring (bicyclic) bond motifs is 1. The van der Waals surface area contributed by atoms with Crippen LogP contribution in [0.2, 0.25) is 0 Å². The predicted octanol–water partition coefficient (Wildman–Crippen LogP) is 4.05. The number of aromatic nitrogens is 2. The second-order valence-corrected chi connectivity index (χ2v) is 7.53. The number of carbonyl (C=O) groups is 1. The van der Waals surface area contributed by atoms with Crippen molar-refractivity contribution in [1.29, 1.82) is 0 Å². The Balaban J connectivity index is 1.53. The van der Waals surface area contributed by atoms with Crippen molar-refractivity contribution < 1.29 is 9.53 Å². The molecule has 4 rings (SSSR count). The van der Waals surface area contributed by atoms with Gasteiger partial charge in [0.05, 0.1) is 31.3 Å². The Morgan fingerprint density at radius 3 is 2.79 bits per heavy atom. The predicted molar refractivity (Wildman–Crippen MR) is 111 cm³/mol. The van der Waals surface area contributed by atoms with Gasteiger partial charge in [0, 0.05) is 11.1 Å². The molecule has 1 aromatic carbocycles. The number of rotatable bonds is 7. The van der Waals surface area contributed by atoms with E-state index in [4.69, 9.17) is 4.74 Å². The molecular weight excluding hydrogens is 370 g/mol. The summed E-state index contributed by atoms with van der Waals surface area (Å²) in [6, 6.07) is 17.7. The first-order valence-electron chi connectivity index (χ1n) is 9.09. The first-order valence-corrected chi connectivity index (χ1v) is 9.97. The van der Waals surface area contributed by atoms with E-state index in [0.717, 1.165) is 22.7 Å². The number of hydrogen-bond acceptors (Lipinski definition) is 4. The Bertz CT molecular complexity index is 1060. The average Bonchev–Trinajstić information content (AvgIpc) is 3.40. The van der Waals surface area contributed by atoms with Gasteiger partial charge in [0.15, 0.2) is 0 Å². The molecule has 0 fully saturated rings. The molecule has 0 aliphatic rings. The van der Waals surface area contributed by atoms with Crippen LogP contribution in [0.1, 0.15) is 22.2 Å². The van der Waals surface area contributed by atoms with Crippen LogP contribution in [-0.4, -0.2) is 22.4 Å². The molecule has 3 heterocycles. The molecule has 28 heavy (non-hydrogen) atoms. The second kappa shape index (κ2) is 8.27. The zero-order valence-electron chi connectivity index (χ0n) is 15.5. The van der Waals surface area contributed by atoms with E-state index in [1.165, 1.54) is 4.88 Å². The van der Waals surface area contributed by atoms with Gasteiger partial charge in [-0.2, -0.15) is 0 Å². The second-order valence-electron chi connectivity index (χ2n) is 6.50. The van der Waals surface area contributed by atoms with Crippen LogP contribution in [0.3, 0.4) is 0 Å². The molecular formula is C22H21N3O2S. The maximum atomic E-state index is 13.1. The lowest BCUT2D eigenvalue weighted by Gasteiger charge is -2.17. The van der Waals surface area contributed by atoms with Gasteiger partial charge in [0.1, 0.15) is 11.6 Å². The first kappa shape index (κ1) is 18.3. The fraction of sp³-hybridized carbons (Fsp3) is 0.182. The molecule has 0 aliphatic carbocycles. The monoisotopic (exact) mass is 391 g/mol. The van der Waals surface area contributed by atoms with Gasteiger partial charge in [-0.15, -0.1) is 11.3 Å². The molecule has 1 amide bonds. The number of methoxy groups -OCH3 is 1. The summed E-state index contributed by atoms with van der Waals surface area (Å²) in [6.07, 6.45) is 4.43. The highest BCUT2D eigenvalue weighted by Gasteiger charge is 2.22. The fourth-order valence-corrected chi connectivity index (χ4v) is 4.00. The Morgan fingerprint density at radius 1 is 1.18 bits per heavy atom. The summed E-state index contributed by atoms with van der Waals surface area (Å²) >= 11 is 1.67. The Morgan fingerprint density at radius 2 is 2.04 bits per heavy atom. The molecule has 0 radical (unpaired) electrons. The molecule has 0 bridgehead atoms. The number of ether oxygens (including phenoxy) is 1. The summed E-state index contributed by atoms with van der Waals surface area (Å²) in [5.74, 6) is 1.32. The van der Waals surface area contributed by atoms with Gasteiger partial charge < -0.3 is 14.5 Å². The summed E-state index contributed by atoms with van der Waals surface area (Å²) < 4.78 is 7.23. The van der Waals surface area contributed by atoms with E-state index in [0.29, 0.717) is 13.0 Å². The van der Waals surface area contributed by atoms with Crippen LogP contribution in [0.25, 0.3) is 5.52 Å². The number of amides is 1. The van der Waals surface area contributed by atoms with Crippen LogP contribution < -0.4 is 10.1 Å². The van der Waals surface area contributed by atoms with E-state index < -0.39 is 0 Å². The number of benzene rings is 1. The van der Waals surface area contributed by atoms with Gasteiger partial charge in [-0.05, 0) is 47.7 Å². The largest absolute Gasteiger partial charge is 0.497 e. The van der Waals surface area contributed by atoms with Gasteiger partial charge >= 0.3 is 0 Å². The lowest BCUT2D eigenvalue weighted by Crippen LogP contribution is -2.30. The summed E-state index contributed by atoms with van der Waals surface area (Å²) in [5, 5.41) is 5.10. The molecule has 4 aromatic rings. The standard InChI is InChI=1S/C22H21N3O2S/c1-27-18-9-7-16(8-10-18)20(13-19-6-4-12-28-19)22(26)24-15-21-23-14-17-5-2-3-11-25(17)21/h2-12,14,20H,13,15H2,1H3,(H,24,26). The number of pyridine rings is 1. The normalized spacial score (nSPS) is 12.0. The van der Waals surface area contributed by atoms with Crippen LogP contribution in [0.15, 0.2) is 72.4 Å². The summed E-state index contributed by atoms with van der Waals surface area (Å²) in [4.78, 5) is 18.7. The van der Waals surface area contributed by atoms with Gasteiger partial charge in [-0.1, -0.05) is 24.3 Å². The van der Waals surface area contributed by atoms with Gasteiger partial charge in [-0.25, -0.2) is 4.98 Å². The number of hydrogen-bond donors (Lipinski definition) is 1. The molecule has 1 unspecified atom stereocenters. The fourth-order valence-electron chi connectivity index (χ4n) is 3.25. The van der Waals surface area contributed by atoms with E-state index in [2.05, 4.69) is 16.4 Å². The highest BCUT2D eigenvalue weighted by atomic mass is 32.1. The van der Waals surface area contributed by atoms with Crippen molar-refractivity contribution in [2.24, 2.45) is 0 Å². The van der Waals surface area contributed by atoms with Crippen molar-refractivity contribution >= 4 is 22.8 Å². The molecule has 0 spiro atoms. The third-order valence-electron chi connectivity index (χ3n) is 4.76. The number of nitrogens with zero attached hydrogens (tertiary/aromatic N) is 2. The zero-order valence-corrected chi connectivity index (χ0v) is 16.4. The summed E-state index contributed by atoms with van der Waals surface area (Å²) in [6.45, 7) is 0.383. The maximum Gasteiger partial charge on any atom is 0.228 e.